The van der Waals surface area contributed by atoms with E-state index < -0.39 is 0 Å². The number of H-pyrrole nitrogens is 1. The largest absolute Gasteiger partial charge is 0.370 e. The van der Waals surface area contributed by atoms with Crippen LogP contribution in [0.15, 0.2) is 54.6 Å². The molecular weight excluding hydrogens is 376 g/mol. The fraction of sp³-hybridized carbons (Fsp3) is 0.250. The van der Waals surface area contributed by atoms with Gasteiger partial charge in [-0.1, -0.05) is 0 Å². The number of rotatable bonds is 4. The molecule has 0 aliphatic carbocycles. The minimum absolute atomic E-state index is 0.0431. The molecule has 30 heavy (non-hydrogen) atoms. The molecule has 0 bridgehead atoms. The average Bonchev–Trinajstić information content (AvgIpc) is 3.48. The van der Waals surface area contributed by atoms with Gasteiger partial charge in [-0.3, -0.25) is 4.79 Å². The van der Waals surface area contributed by atoms with E-state index in [2.05, 4.69) is 45.8 Å². The minimum Gasteiger partial charge on any atom is -0.370 e. The Morgan fingerprint density at radius 1 is 1.10 bits per heavy atom. The van der Waals surface area contributed by atoms with E-state index in [-0.39, 0.29) is 12.0 Å². The van der Waals surface area contributed by atoms with Gasteiger partial charge in [-0.2, -0.15) is 0 Å². The number of benzene rings is 2. The highest BCUT2D eigenvalue weighted by molar-refractivity contribution is 6.05. The maximum atomic E-state index is 12.7. The van der Waals surface area contributed by atoms with Crippen molar-refractivity contribution in [1.82, 2.24) is 14.5 Å². The summed E-state index contributed by atoms with van der Waals surface area (Å²) in [6.07, 6.45) is 2.09. The first-order valence-corrected chi connectivity index (χ1v) is 10.3. The minimum atomic E-state index is -0.138. The standard InChI is InChI=1S/C24H24N4O2/c1-15-5-6-16(2)28(15)19-10-7-17(8-11-19)24(29)25-18-9-12-20-21(14-18)27-23(26-20)22-4-3-13-30-22/h5-12,14,22H,3-4,13H2,1-2H3,(H,25,29)(H,26,27). The van der Waals surface area contributed by atoms with Gasteiger partial charge in [-0.05, 0) is 81.3 Å². The fourth-order valence-corrected chi connectivity index (χ4v) is 4.09. The molecule has 2 aromatic heterocycles. The molecule has 2 N–H and O–H groups in total. The van der Waals surface area contributed by atoms with Gasteiger partial charge in [0.15, 0.2) is 0 Å². The Hall–Kier alpha value is -3.38. The predicted molar refractivity (Wildman–Crippen MR) is 117 cm³/mol. The monoisotopic (exact) mass is 400 g/mol. The van der Waals surface area contributed by atoms with Crippen molar-refractivity contribution in [3.63, 3.8) is 0 Å². The van der Waals surface area contributed by atoms with Crippen LogP contribution >= 0.6 is 0 Å². The van der Waals surface area contributed by atoms with Gasteiger partial charge in [0.05, 0.1) is 11.0 Å². The van der Waals surface area contributed by atoms with Gasteiger partial charge < -0.3 is 19.6 Å². The van der Waals surface area contributed by atoms with Gasteiger partial charge >= 0.3 is 0 Å². The van der Waals surface area contributed by atoms with E-state index in [1.807, 2.05) is 42.5 Å². The molecule has 1 atom stereocenters. The number of nitrogens with zero attached hydrogens (tertiary/aromatic N) is 2. The molecule has 1 unspecified atom stereocenters. The van der Waals surface area contributed by atoms with Crippen LogP contribution in [0.1, 0.15) is 46.5 Å². The Morgan fingerprint density at radius 2 is 1.87 bits per heavy atom. The van der Waals surface area contributed by atoms with Crippen molar-refractivity contribution in [1.29, 1.82) is 0 Å². The number of aromatic amines is 1. The van der Waals surface area contributed by atoms with Crippen molar-refractivity contribution in [2.75, 3.05) is 11.9 Å². The molecule has 1 fully saturated rings. The number of fused-ring (bicyclic) bond motifs is 1. The molecule has 3 heterocycles. The predicted octanol–water partition coefficient (Wildman–Crippen LogP) is 5.07. The summed E-state index contributed by atoms with van der Waals surface area (Å²) in [4.78, 5) is 20.7. The summed E-state index contributed by atoms with van der Waals surface area (Å²) >= 11 is 0. The molecule has 2 aromatic carbocycles. The third-order valence-electron chi connectivity index (χ3n) is 5.65. The molecule has 1 saturated heterocycles. The molecule has 152 valence electrons. The van der Waals surface area contributed by atoms with E-state index in [1.54, 1.807) is 0 Å². The molecular formula is C24H24N4O2. The second-order valence-electron chi connectivity index (χ2n) is 7.81. The molecule has 6 nitrogen and oxygen atoms in total. The van der Waals surface area contributed by atoms with Crippen molar-refractivity contribution in [2.45, 2.75) is 32.8 Å². The molecule has 5 rings (SSSR count). The van der Waals surface area contributed by atoms with Crippen LogP contribution in [0.4, 0.5) is 5.69 Å². The van der Waals surface area contributed by atoms with Gasteiger partial charge in [-0.25, -0.2) is 4.98 Å². The van der Waals surface area contributed by atoms with Crippen LogP contribution in [0.2, 0.25) is 0 Å². The first-order chi connectivity index (χ1) is 14.6. The zero-order chi connectivity index (χ0) is 20.7. The number of anilines is 1. The molecule has 1 aliphatic heterocycles. The van der Waals surface area contributed by atoms with Gasteiger partial charge in [0, 0.05) is 34.9 Å². The summed E-state index contributed by atoms with van der Waals surface area (Å²) in [5, 5.41) is 2.98. The first-order valence-electron chi connectivity index (χ1n) is 10.3. The summed E-state index contributed by atoms with van der Waals surface area (Å²) in [5.41, 5.74) is 6.50. The number of ether oxygens (including phenoxy) is 1. The van der Waals surface area contributed by atoms with Gasteiger partial charge in [0.25, 0.3) is 5.91 Å². The number of aryl methyl sites for hydroxylation is 2. The van der Waals surface area contributed by atoms with E-state index in [9.17, 15) is 4.79 Å². The van der Waals surface area contributed by atoms with Crippen LogP contribution < -0.4 is 5.32 Å². The summed E-state index contributed by atoms with van der Waals surface area (Å²) in [5.74, 6) is 0.720. The number of hydrogen-bond donors (Lipinski definition) is 2. The van der Waals surface area contributed by atoms with Crippen molar-refractivity contribution in [2.24, 2.45) is 0 Å². The highest BCUT2D eigenvalue weighted by Gasteiger charge is 2.21. The SMILES string of the molecule is Cc1ccc(C)n1-c1ccc(C(=O)Nc2ccc3nc(C4CCCO4)[nH]c3c2)cc1. The van der Waals surface area contributed by atoms with Crippen molar-refractivity contribution in [3.05, 3.63) is 77.4 Å². The number of imidazole rings is 1. The van der Waals surface area contributed by atoms with Gasteiger partial charge in [0.1, 0.15) is 11.9 Å². The lowest BCUT2D eigenvalue weighted by atomic mass is 10.1. The van der Waals surface area contributed by atoms with Crippen LogP contribution in [-0.4, -0.2) is 27.0 Å². The Labute approximate surface area is 174 Å². The maximum absolute atomic E-state index is 12.7. The van der Waals surface area contributed by atoms with Crippen molar-refractivity contribution < 1.29 is 9.53 Å². The molecule has 0 saturated carbocycles. The quantitative estimate of drug-likeness (QED) is 0.502. The van der Waals surface area contributed by atoms with E-state index in [0.29, 0.717) is 5.56 Å². The lowest BCUT2D eigenvalue weighted by molar-refractivity contribution is 0.102. The number of nitrogens with one attached hydrogen (secondary N) is 2. The van der Waals surface area contributed by atoms with E-state index in [1.165, 1.54) is 11.4 Å². The van der Waals surface area contributed by atoms with Crippen LogP contribution in [0.3, 0.4) is 0 Å². The zero-order valence-electron chi connectivity index (χ0n) is 17.1. The molecule has 1 amide bonds. The highest BCUT2D eigenvalue weighted by Crippen LogP contribution is 2.29. The second kappa shape index (κ2) is 7.46. The molecule has 0 spiro atoms. The number of carbonyl (C=O) groups is 1. The summed E-state index contributed by atoms with van der Waals surface area (Å²) in [6.45, 7) is 4.93. The number of hydrogen-bond acceptors (Lipinski definition) is 3. The lowest BCUT2D eigenvalue weighted by Gasteiger charge is -2.10. The topological polar surface area (TPSA) is 71.9 Å². The molecule has 0 radical (unpaired) electrons. The summed E-state index contributed by atoms with van der Waals surface area (Å²) < 4.78 is 7.87. The lowest BCUT2D eigenvalue weighted by Crippen LogP contribution is -2.12. The summed E-state index contributed by atoms with van der Waals surface area (Å²) in [6, 6.07) is 17.5. The van der Waals surface area contributed by atoms with Crippen LogP contribution in [0, 0.1) is 13.8 Å². The third-order valence-corrected chi connectivity index (χ3v) is 5.65. The summed E-state index contributed by atoms with van der Waals surface area (Å²) in [7, 11) is 0. The van der Waals surface area contributed by atoms with Crippen LogP contribution in [-0.2, 0) is 4.74 Å². The Balaban J connectivity index is 1.34. The Bertz CT molecular complexity index is 1190. The van der Waals surface area contributed by atoms with E-state index in [0.717, 1.165) is 47.7 Å². The fourth-order valence-electron chi connectivity index (χ4n) is 4.09. The number of carbonyl (C=O) groups excluding carboxylic acids is 1. The Morgan fingerprint density at radius 3 is 2.57 bits per heavy atom. The van der Waals surface area contributed by atoms with E-state index >= 15 is 0 Å². The molecule has 6 heteroatoms. The second-order valence-corrected chi connectivity index (χ2v) is 7.81. The third kappa shape index (κ3) is 3.39. The molecule has 1 aliphatic rings. The van der Waals surface area contributed by atoms with Gasteiger partial charge in [0.2, 0.25) is 0 Å². The zero-order valence-corrected chi connectivity index (χ0v) is 17.1. The highest BCUT2D eigenvalue weighted by atomic mass is 16.5. The van der Waals surface area contributed by atoms with E-state index in [4.69, 9.17) is 4.74 Å². The Kier molecular flexibility index (Phi) is 4.64. The van der Waals surface area contributed by atoms with Crippen LogP contribution in [0.25, 0.3) is 16.7 Å². The normalized spacial score (nSPS) is 16.3. The smallest absolute Gasteiger partial charge is 0.255 e. The number of amides is 1. The maximum Gasteiger partial charge on any atom is 0.255 e. The first kappa shape index (κ1) is 18.6. The molecule has 4 aromatic rings. The van der Waals surface area contributed by atoms with Gasteiger partial charge in [-0.15, -0.1) is 0 Å². The average molecular weight is 400 g/mol. The number of aromatic nitrogens is 3. The van der Waals surface area contributed by atoms with Crippen LogP contribution in [0.5, 0.6) is 0 Å². The van der Waals surface area contributed by atoms with Crippen molar-refractivity contribution >= 4 is 22.6 Å². The van der Waals surface area contributed by atoms with Crippen molar-refractivity contribution in [3.8, 4) is 5.69 Å².